The molecule has 0 amide bonds. The van der Waals surface area contributed by atoms with E-state index in [0.29, 0.717) is 5.92 Å². The van der Waals surface area contributed by atoms with Gasteiger partial charge in [0.1, 0.15) is 11.4 Å². The lowest BCUT2D eigenvalue weighted by Gasteiger charge is -1.99. The third kappa shape index (κ3) is 2.34. The zero-order valence-corrected chi connectivity index (χ0v) is 8.06. The fourth-order valence-electron chi connectivity index (χ4n) is 0.961. The van der Waals surface area contributed by atoms with Crippen LogP contribution in [0.1, 0.15) is 13.8 Å². The van der Waals surface area contributed by atoms with Crippen LogP contribution in [0, 0.1) is 11.3 Å². The predicted octanol–water partition coefficient (Wildman–Crippen LogP) is 2.83. The molecule has 0 atom stereocenters. The van der Waals surface area contributed by atoms with E-state index in [1.165, 1.54) is 0 Å². The Labute approximate surface area is 77.0 Å². The van der Waals surface area contributed by atoms with Crippen molar-refractivity contribution in [2.45, 2.75) is 13.8 Å². The zero-order valence-electron chi connectivity index (χ0n) is 7.24. The van der Waals surface area contributed by atoms with Crippen molar-refractivity contribution in [3.8, 4) is 0 Å². The Hall–Kier alpha value is -0.830. The molecule has 0 radical (unpaired) electrons. The van der Waals surface area contributed by atoms with E-state index >= 15 is 0 Å². The summed E-state index contributed by atoms with van der Waals surface area (Å²) in [6.45, 7) is 4.26. The van der Waals surface area contributed by atoms with Gasteiger partial charge in [0.2, 0.25) is 0 Å². The van der Waals surface area contributed by atoms with Crippen molar-refractivity contribution in [2.24, 2.45) is 10.9 Å². The largest absolute Gasteiger partial charge is 0.289 e. The average molecular weight is 180 g/mol. The molecule has 1 rings (SSSR count). The molecule has 3 heteroatoms. The minimum Gasteiger partial charge on any atom is -0.289 e. The summed E-state index contributed by atoms with van der Waals surface area (Å²) >= 11 is 1.57. The molecule has 64 valence electrons. The first kappa shape index (κ1) is 9.26. The molecule has 1 aliphatic rings. The molecular weight excluding hydrogens is 168 g/mol. The molecule has 1 N–H and O–H groups in total. The van der Waals surface area contributed by atoms with E-state index in [2.05, 4.69) is 24.9 Å². The lowest BCUT2D eigenvalue weighted by atomic mass is 10.1. The van der Waals surface area contributed by atoms with Gasteiger partial charge in [-0.3, -0.25) is 5.41 Å². The molecule has 2 nitrogen and oxygen atoms in total. The van der Waals surface area contributed by atoms with Crippen LogP contribution in [0.3, 0.4) is 0 Å². The first-order valence-electron chi connectivity index (χ1n) is 3.86. The molecule has 0 spiro atoms. The van der Waals surface area contributed by atoms with Crippen molar-refractivity contribution >= 4 is 23.1 Å². The molecule has 12 heavy (non-hydrogen) atoms. The Kier molecular flexibility index (Phi) is 3.29. The van der Waals surface area contributed by atoms with Crippen LogP contribution in [-0.2, 0) is 0 Å². The van der Waals surface area contributed by atoms with E-state index in [4.69, 9.17) is 5.41 Å². The normalized spacial score (nSPS) is 22.9. The molecule has 0 aliphatic carbocycles. The number of allylic oxidation sites excluding steroid dienone is 2. The third-order valence-electron chi connectivity index (χ3n) is 1.37. The predicted molar refractivity (Wildman–Crippen MR) is 55.9 cm³/mol. The summed E-state index contributed by atoms with van der Waals surface area (Å²) in [5.41, 5.74) is 1.14. The summed E-state index contributed by atoms with van der Waals surface area (Å²) in [7, 11) is 0. The van der Waals surface area contributed by atoms with Crippen LogP contribution >= 0.6 is 11.8 Å². The molecule has 0 aromatic rings. The Morgan fingerprint density at radius 2 is 2.33 bits per heavy atom. The van der Waals surface area contributed by atoms with E-state index in [9.17, 15) is 0 Å². The van der Waals surface area contributed by atoms with Crippen molar-refractivity contribution < 1.29 is 0 Å². The highest BCUT2D eigenvalue weighted by Gasteiger charge is 2.09. The molecule has 0 saturated carbocycles. The van der Waals surface area contributed by atoms with Crippen LogP contribution in [0.25, 0.3) is 0 Å². The Morgan fingerprint density at radius 3 is 2.92 bits per heavy atom. The van der Waals surface area contributed by atoms with E-state index in [0.717, 1.165) is 17.0 Å². The van der Waals surface area contributed by atoms with Crippen LogP contribution in [-0.4, -0.2) is 11.4 Å². The van der Waals surface area contributed by atoms with Crippen LogP contribution < -0.4 is 0 Å². The SMILES string of the molecule is CC(C)/C=C1/C=CSC1=NC=N. The maximum Gasteiger partial charge on any atom is 0.109 e. The van der Waals surface area contributed by atoms with Crippen molar-refractivity contribution in [1.82, 2.24) is 0 Å². The average Bonchev–Trinajstić information content (AvgIpc) is 2.37. The van der Waals surface area contributed by atoms with Crippen molar-refractivity contribution in [2.75, 3.05) is 0 Å². The Balaban J connectivity index is 2.82. The summed E-state index contributed by atoms with van der Waals surface area (Å²) in [5, 5.41) is 9.79. The Bertz CT molecular complexity index is 262. The van der Waals surface area contributed by atoms with Gasteiger partial charge in [0.25, 0.3) is 0 Å². The number of hydrogen-bond acceptors (Lipinski definition) is 2. The molecular formula is C9H12N2S. The quantitative estimate of drug-likeness (QED) is 0.515. The van der Waals surface area contributed by atoms with Gasteiger partial charge in [-0.05, 0) is 17.4 Å². The zero-order chi connectivity index (χ0) is 8.97. The van der Waals surface area contributed by atoms with Crippen LogP contribution in [0.2, 0.25) is 0 Å². The van der Waals surface area contributed by atoms with Crippen LogP contribution in [0.15, 0.2) is 28.1 Å². The summed E-state index contributed by atoms with van der Waals surface area (Å²) in [6.07, 6.45) is 5.27. The van der Waals surface area contributed by atoms with Crippen molar-refractivity contribution in [3.63, 3.8) is 0 Å². The van der Waals surface area contributed by atoms with Crippen LogP contribution in [0.5, 0.6) is 0 Å². The summed E-state index contributed by atoms with van der Waals surface area (Å²) < 4.78 is 0. The Morgan fingerprint density at radius 1 is 1.58 bits per heavy atom. The minimum atomic E-state index is 0.527. The van der Waals surface area contributed by atoms with Gasteiger partial charge >= 0.3 is 0 Å². The number of nitrogens with one attached hydrogen (secondary N) is 1. The van der Waals surface area contributed by atoms with Crippen molar-refractivity contribution in [1.29, 1.82) is 5.41 Å². The second-order valence-corrected chi connectivity index (χ2v) is 3.74. The fraction of sp³-hybridized carbons (Fsp3) is 0.333. The van der Waals surface area contributed by atoms with E-state index in [-0.39, 0.29) is 0 Å². The standard InChI is InChI=1S/C9H12N2S/c1-7(2)5-8-3-4-12-9(8)11-6-10/h3-7,10H,1-2H3/b8-5-,10-6?,11-9?. The molecule has 0 saturated heterocycles. The van der Waals surface area contributed by atoms with Gasteiger partial charge in [-0.15, -0.1) is 0 Å². The van der Waals surface area contributed by atoms with Gasteiger partial charge < -0.3 is 0 Å². The molecule has 0 aromatic heterocycles. The summed E-state index contributed by atoms with van der Waals surface area (Å²) in [4.78, 5) is 3.95. The highest BCUT2D eigenvalue weighted by molar-refractivity contribution is 8.17. The van der Waals surface area contributed by atoms with Crippen LogP contribution in [0.4, 0.5) is 0 Å². The lowest BCUT2D eigenvalue weighted by molar-refractivity contribution is 0.829. The number of nitrogens with zero attached hydrogens (tertiary/aromatic N) is 1. The third-order valence-corrected chi connectivity index (χ3v) is 2.21. The molecule has 0 unspecified atom stereocenters. The first-order chi connectivity index (χ1) is 5.74. The van der Waals surface area contributed by atoms with Gasteiger partial charge in [-0.1, -0.05) is 31.7 Å². The number of hydrogen-bond donors (Lipinski definition) is 1. The molecule has 1 aliphatic heterocycles. The molecule has 0 fully saturated rings. The number of rotatable bonds is 2. The maximum absolute atomic E-state index is 6.86. The van der Waals surface area contributed by atoms with Gasteiger partial charge in [-0.2, -0.15) is 0 Å². The lowest BCUT2D eigenvalue weighted by Crippen LogP contribution is -1.92. The van der Waals surface area contributed by atoms with Crippen molar-refractivity contribution in [3.05, 3.63) is 23.1 Å². The monoisotopic (exact) mass is 180 g/mol. The fourth-order valence-corrected chi connectivity index (χ4v) is 1.69. The molecule has 1 heterocycles. The minimum absolute atomic E-state index is 0.527. The topological polar surface area (TPSA) is 36.2 Å². The number of aliphatic imine (C=N–C) groups is 1. The molecule has 0 bridgehead atoms. The van der Waals surface area contributed by atoms with Gasteiger partial charge in [-0.25, -0.2) is 4.99 Å². The second-order valence-electron chi connectivity index (χ2n) is 2.85. The van der Waals surface area contributed by atoms with Gasteiger partial charge in [0, 0.05) is 5.57 Å². The highest BCUT2D eigenvalue weighted by atomic mass is 32.2. The first-order valence-corrected chi connectivity index (χ1v) is 4.74. The second kappa shape index (κ2) is 4.26. The van der Waals surface area contributed by atoms with E-state index in [1.807, 2.05) is 11.5 Å². The maximum atomic E-state index is 6.86. The summed E-state index contributed by atoms with van der Waals surface area (Å²) in [5.74, 6) is 0.527. The highest BCUT2D eigenvalue weighted by Crippen LogP contribution is 2.24. The smallest absolute Gasteiger partial charge is 0.109 e. The van der Waals surface area contributed by atoms with E-state index < -0.39 is 0 Å². The molecule has 0 aromatic carbocycles. The van der Waals surface area contributed by atoms with Gasteiger partial charge in [0.05, 0.1) is 0 Å². The number of thioether (sulfide) groups is 1. The van der Waals surface area contributed by atoms with Gasteiger partial charge in [0.15, 0.2) is 0 Å². The summed E-state index contributed by atoms with van der Waals surface area (Å²) in [6, 6.07) is 0. The van der Waals surface area contributed by atoms with E-state index in [1.54, 1.807) is 11.8 Å².